The van der Waals surface area contributed by atoms with E-state index in [9.17, 15) is 43.5 Å². The van der Waals surface area contributed by atoms with Gasteiger partial charge >= 0.3 is 0 Å². The average Bonchev–Trinajstić information content (AvgIpc) is 1.04. The van der Waals surface area contributed by atoms with E-state index in [1.54, 1.807) is 46.4 Å². The summed E-state index contributed by atoms with van der Waals surface area (Å²) in [4.78, 5) is 185. The smallest absolute Gasteiger partial charge is 0.246 e. The van der Waals surface area contributed by atoms with Crippen molar-refractivity contribution in [2.75, 3.05) is 82.1 Å². The van der Waals surface area contributed by atoms with Gasteiger partial charge in [-0.2, -0.15) is 0 Å². The normalized spacial score (nSPS) is 26.7. The van der Waals surface area contributed by atoms with Gasteiger partial charge in [-0.3, -0.25) is 57.5 Å². The summed E-state index contributed by atoms with van der Waals surface area (Å²) in [6, 6.07) is -12.6. The van der Waals surface area contributed by atoms with E-state index in [0.29, 0.717) is 32.6 Å². The Balaban J connectivity index is 2.96. The molecule has 0 saturated carbocycles. The van der Waals surface area contributed by atoms with Gasteiger partial charge in [0.25, 0.3) is 0 Å². The molecule has 2 heterocycles. The van der Waals surface area contributed by atoms with Crippen molar-refractivity contribution >= 4 is 70.9 Å². The first-order chi connectivity index (χ1) is 42.6. The Labute approximate surface area is 549 Å². The summed E-state index contributed by atoms with van der Waals surface area (Å²) in [6.07, 6.45) is -0.272. The molecule has 0 aliphatic carbocycles. The predicted molar refractivity (Wildman–Crippen MR) is 352 cm³/mol. The number of hydrogen-bond donors (Lipinski definition) is 6. The van der Waals surface area contributed by atoms with Crippen LogP contribution in [0.2, 0.25) is 0 Å². The SMILES string of the molecule is CC[C@@H]1NC(=O)[C@H]([C@H](O)[C@H](C)CCCC(=O)N2CCNCC2)N(C)C(=O)[C@H](C(C)C)N(C)C(=O)[C@H](CC(C)C)N(C)C(=O)[C@H](CC(C)C)N(C)C(=O)[C@@H](C)NC(=O)[C@H](C)NC(=O)[C@H](CC(C)C)N(C)C(=O)[C@H](C(C)C)NC(=O)[C@H](CC(C)C)N(C)C(=O)CN(C)C1=O. The molecular formula is C66H119N13O13. The third-order valence-corrected chi connectivity index (χ3v) is 17.9. The highest BCUT2D eigenvalue weighted by Gasteiger charge is 2.46. The Kier molecular flexibility index (Phi) is 33.2. The Bertz CT molecular complexity index is 2520. The van der Waals surface area contributed by atoms with Crippen LogP contribution in [0.5, 0.6) is 0 Å². The molecule has 2 aliphatic rings. The third-order valence-electron chi connectivity index (χ3n) is 17.9. The molecule has 0 bridgehead atoms. The number of carbonyl (C=O) groups excluding carboxylic acids is 12. The van der Waals surface area contributed by atoms with Gasteiger partial charge in [-0.25, -0.2) is 0 Å². The van der Waals surface area contributed by atoms with Gasteiger partial charge in [0, 0.05) is 81.9 Å². The maximum atomic E-state index is 15.4. The largest absolute Gasteiger partial charge is 0.390 e. The highest BCUT2D eigenvalue weighted by Crippen LogP contribution is 2.26. The number of rotatable bonds is 17. The number of nitrogens with one attached hydrogen (secondary N) is 5. The molecule has 12 amide bonds. The van der Waals surface area contributed by atoms with Crippen LogP contribution in [0.1, 0.15) is 162 Å². The van der Waals surface area contributed by atoms with Gasteiger partial charge in [-0.1, -0.05) is 96.9 Å². The fourth-order valence-corrected chi connectivity index (χ4v) is 12.0. The Morgan fingerprint density at radius 2 is 0.913 bits per heavy atom. The number of carbonyl (C=O) groups is 12. The fourth-order valence-electron chi connectivity index (χ4n) is 12.0. The number of likely N-dealkylation sites (N-methyl/N-ethyl adjacent to an activating group) is 7. The zero-order valence-electron chi connectivity index (χ0n) is 60.0. The van der Waals surface area contributed by atoms with Crippen molar-refractivity contribution in [3.63, 3.8) is 0 Å². The minimum atomic E-state index is -1.69. The van der Waals surface area contributed by atoms with Crippen LogP contribution in [0.15, 0.2) is 0 Å². The highest BCUT2D eigenvalue weighted by atomic mass is 16.3. The van der Waals surface area contributed by atoms with E-state index in [1.165, 1.54) is 87.7 Å². The summed E-state index contributed by atoms with van der Waals surface area (Å²) in [7, 11) is 9.86. The molecule has 2 fully saturated rings. The number of piperazine rings is 1. The van der Waals surface area contributed by atoms with Crippen molar-refractivity contribution in [1.82, 2.24) is 65.8 Å². The van der Waals surface area contributed by atoms with Crippen LogP contribution in [-0.2, 0) is 57.5 Å². The van der Waals surface area contributed by atoms with Gasteiger partial charge in [-0.15, -0.1) is 0 Å². The van der Waals surface area contributed by atoms with Gasteiger partial charge in [-0.05, 0) is 100 Å². The maximum absolute atomic E-state index is 15.4. The van der Waals surface area contributed by atoms with Crippen molar-refractivity contribution in [3.8, 4) is 0 Å². The summed E-state index contributed by atoms with van der Waals surface area (Å²) in [5.74, 6) is -10.2. The molecule has 26 heteroatoms. The van der Waals surface area contributed by atoms with Gasteiger partial charge in [0.15, 0.2) is 0 Å². The lowest BCUT2D eigenvalue weighted by molar-refractivity contribution is -0.157. The zero-order chi connectivity index (χ0) is 70.7. The van der Waals surface area contributed by atoms with E-state index in [-0.39, 0.29) is 74.5 Å². The van der Waals surface area contributed by atoms with E-state index in [2.05, 4.69) is 26.6 Å². The molecule has 526 valence electrons. The summed E-state index contributed by atoms with van der Waals surface area (Å²) >= 11 is 0. The Morgan fingerprint density at radius 1 is 0.478 bits per heavy atom. The van der Waals surface area contributed by atoms with Gasteiger partial charge in [0.05, 0.1) is 12.6 Å². The monoisotopic (exact) mass is 1300 g/mol. The number of amides is 12. The molecule has 0 aromatic rings. The highest BCUT2D eigenvalue weighted by molar-refractivity contribution is 5.99. The molecule has 12 atom stereocenters. The first-order valence-electron chi connectivity index (χ1n) is 33.4. The molecule has 6 N–H and O–H groups in total. The lowest BCUT2D eigenvalue weighted by Gasteiger charge is -2.41. The van der Waals surface area contributed by atoms with Gasteiger partial charge < -0.3 is 70.9 Å². The molecule has 2 saturated heterocycles. The molecule has 2 rings (SSSR count). The lowest BCUT2D eigenvalue weighted by atomic mass is 9.90. The Morgan fingerprint density at radius 3 is 1.39 bits per heavy atom. The second-order valence-electron chi connectivity index (χ2n) is 28.3. The number of aliphatic hydroxyl groups is 1. The number of hydrogen-bond acceptors (Lipinski definition) is 14. The molecular weight excluding hydrogens is 1180 g/mol. The molecule has 0 unspecified atom stereocenters. The first-order valence-corrected chi connectivity index (χ1v) is 33.4. The van der Waals surface area contributed by atoms with E-state index >= 15 is 19.2 Å². The second-order valence-corrected chi connectivity index (χ2v) is 28.3. The zero-order valence-corrected chi connectivity index (χ0v) is 60.0. The summed E-state index contributed by atoms with van der Waals surface area (Å²) in [5.41, 5.74) is 0. The van der Waals surface area contributed by atoms with Crippen molar-refractivity contribution in [1.29, 1.82) is 0 Å². The summed E-state index contributed by atoms with van der Waals surface area (Å²) in [6.45, 7) is 29.8. The topological polar surface area (TPSA) is 311 Å². The van der Waals surface area contributed by atoms with E-state index in [0.717, 1.165) is 9.80 Å². The van der Waals surface area contributed by atoms with Crippen LogP contribution in [0.4, 0.5) is 0 Å². The minimum absolute atomic E-state index is 0.00931. The van der Waals surface area contributed by atoms with Gasteiger partial charge in [0.1, 0.15) is 60.4 Å². The molecule has 0 aromatic heterocycles. The van der Waals surface area contributed by atoms with Crippen LogP contribution < -0.4 is 26.6 Å². The number of nitrogens with zero attached hydrogens (tertiary/aromatic N) is 8. The molecule has 26 nitrogen and oxygen atoms in total. The quantitative estimate of drug-likeness (QED) is 0.121. The number of aliphatic hydroxyl groups excluding tert-OH is 1. The van der Waals surface area contributed by atoms with Crippen LogP contribution in [0.25, 0.3) is 0 Å². The second kappa shape index (κ2) is 37.5. The van der Waals surface area contributed by atoms with Gasteiger partial charge in [0.2, 0.25) is 70.9 Å². The van der Waals surface area contributed by atoms with E-state index in [4.69, 9.17) is 0 Å². The molecule has 2 aliphatic heterocycles. The van der Waals surface area contributed by atoms with Crippen molar-refractivity contribution in [2.24, 2.45) is 41.4 Å². The predicted octanol–water partition coefficient (Wildman–Crippen LogP) is 1.90. The minimum Gasteiger partial charge on any atom is -0.390 e. The summed E-state index contributed by atoms with van der Waals surface area (Å²) < 4.78 is 0. The molecule has 0 radical (unpaired) electrons. The summed E-state index contributed by atoms with van der Waals surface area (Å²) in [5, 5.41) is 26.6. The van der Waals surface area contributed by atoms with Crippen LogP contribution in [0, 0.1) is 41.4 Å². The lowest BCUT2D eigenvalue weighted by Crippen LogP contribution is -2.63. The fraction of sp³-hybridized carbons (Fsp3) is 0.818. The van der Waals surface area contributed by atoms with Crippen molar-refractivity contribution in [2.45, 2.75) is 229 Å². The molecule has 92 heavy (non-hydrogen) atoms. The van der Waals surface area contributed by atoms with Crippen LogP contribution in [-0.4, -0.2) is 264 Å². The van der Waals surface area contributed by atoms with E-state index in [1.807, 2.05) is 55.4 Å². The van der Waals surface area contributed by atoms with Crippen molar-refractivity contribution < 1.29 is 62.6 Å². The van der Waals surface area contributed by atoms with E-state index < -0.39 is 156 Å². The first kappa shape index (κ1) is 81.7. The van der Waals surface area contributed by atoms with Crippen LogP contribution in [0.3, 0.4) is 0 Å². The average molecular weight is 1300 g/mol. The van der Waals surface area contributed by atoms with Crippen LogP contribution >= 0.6 is 0 Å². The molecule has 0 spiro atoms. The Hall–Kier alpha value is -6.44. The standard InChI is InChI=1S/C66H119N13O13/c1-24-46-62(88)72(17)36-52(81)73(18)47(32-37(2)3)59(85)71-53(41(10)11)65(91)74(19)48(33-38(4)5)58(84)68-44(15)57(83)69-45(16)61(87)75(20)49(34-39(6)7)63(89)76(21)50(35-40(8)9)64(90)77(22)54(42(12)13)66(92)78(23)55(60(86)70-46)56(82)43(14)26-25-27-51(80)79-30-28-67-29-31-79/h37-50,53-56,67,82H,24-36H2,1-23H3,(H,68,84)(H,69,83)(H,70,86)(H,71,85)/t43-,44+,45-,46+,47+,48+,49+,50+,53+,54+,55+,56-/m1/s1. The molecule has 0 aromatic carbocycles. The van der Waals surface area contributed by atoms with Crippen molar-refractivity contribution in [3.05, 3.63) is 0 Å². The third kappa shape index (κ3) is 22.9. The maximum Gasteiger partial charge on any atom is 0.246 e.